The van der Waals surface area contributed by atoms with E-state index in [-0.39, 0.29) is 11.7 Å². The summed E-state index contributed by atoms with van der Waals surface area (Å²) in [5.74, 6) is 1.85. The molecule has 4 nitrogen and oxygen atoms in total. The number of nitrogens with zero attached hydrogens (tertiary/aromatic N) is 1. The summed E-state index contributed by atoms with van der Waals surface area (Å²) in [4.78, 5) is 14.3. The third-order valence-corrected chi connectivity index (χ3v) is 4.20. The largest absolute Gasteiger partial charge is 0.507 e. The second kappa shape index (κ2) is 6.16. The highest BCUT2D eigenvalue weighted by Gasteiger charge is 2.26. The molecule has 1 amide bonds. The topological polar surface area (TPSA) is 49.8 Å². The molecule has 1 aliphatic heterocycles. The number of piperidine rings is 1. The molecule has 0 aromatic heterocycles. The van der Waals surface area contributed by atoms with Gasteiger partial charge >= 0.3 is 0 Å². The molecule has 0 bridgehead atoms. The molecular weight excluding hydrogens is 254 g/mol. The number of hydrogen-bond acceptors (Lipinski definition) is 3. The number of carbonyl (C=O) groups is 1. The Balaban J connectivity index is 2.09. The van der Waals surface area contributed by atoms with E-state index < -0.39 is 0 Å². The molecule has 0 saturated carbocycles. The van der Waals surface area contributed by atoms with Crippen LogP contribution < -0.4 is 4.74 Å². The minimum absolute atomic E-state index is 0.0155. The maximum atomic E-state index is 12.5. The molecule has 1 N–H and O–H groups in total. The molecule has 1 heterocycles. The lowest BCUT2D eigenvalue weighted by Gasteiger charge is -2.34. The summed E-state index contributed by atoms with van der Waals surface area (Å²) in [5.41, 5.74) is 0.326. The van der Waals surface area contributed by atoms with Gasteiger partial charge in [-0.25, -0.2) is 0 Å². The molecule has 0 atom stereocenters. The molecule has 4 heteroatoms. The highest BCUT2D eigenvalue weighted by molar-refractivity contribution is 5.97. The normalized spacial score (nSPS) is 16.5. The lowest BCUT2D eigenvalue weighted by molar-refractivity contribution is 0.0664. The number of ether oxygens (including phenoxy) is 1. The van der Waals surface area contributed by atoms with Crippen LogP contribution in [0.25, 0.3) is 0 Å². The van der Waals surface area contributed by atoms with Gasteiger partial charge in [-0.1, -0.05) is 13.8 Å². The predicted octanol–water partition coefficient (Wildman–Crippen LogP) is 2.91. The predicted molar refractivity (Wildman–Crippen MR) is 78.1 cm³/mol. The summed E-state index contributed by atoms with van der Waals surface area (Å²) in [7, 11) is 1.55. The number of aromatic hydroxyl groups is 1. The first-order chi connectivity index (χ1) is 9.52. The molecule has 1 fully saturated rings. The van der Waals surface area contributed by atoms with E-state index in [1.807, 2.05) is 4.90 Å². The van der Waals surface area contributed by atoms with Crippen LogP contribution in [0.5, 0.6) is 11.5 Å². The first kappa shape index (κ1) is 14.7. The van der Waals surface area contributed by atoms with Gasteiger partial charge in [-0.3, -0.25) is 4.79 Å². The number of methoxy groups -OCH3 is 1. The molecule has 0 radical (unpaired) electrons. The van der Waals surface area contributed by atoms with Crippen LogP contribution in [-0.4, -0.2) is 36.1 Å². The Bertz CT molecular complexity index is 477. The van der Waals surface area contributed by atoms with Gasteiger partial charge in [0, 0.05) is 13.1 Å². The maximum absolute atomic E-state index is 12.5. The highest BCUT2D eigenvalue weighted by atomic mass is 16.5. The third kappa shape index (κ3) is 3.06. The summed E-state index contributed by atoms with van der Waals surface area (Å²) in [5, 5.41) is 9.87. The van der Waals surface area contributed by atoms with Crippen LogP contribution in [0.4, 0.5) is 0 Å². The van der Waals surface area contributed by atoms with Gasteiger partial charge < -0.3 is 14.7 Å². The highest BCUT2D eigenvalue weighted by Crippen LogP contribution is 2.28. The van der Waals surface area contributed by atoms with Crippen molar-refractivity contribution in [2.75, 3.05) is 20.2 Å². The lowest BCUT2D eigenvalue weighted by atomic mass is 9.86. The van der Waals surface area contributed by atoms with Gasteiger partial charge in [-0.15, -0.1) is 0 Å². The SMILES string of the molecule is COc1ccc(O)c(C(=O)N2CCC(C(C)C)CC2)c1. The Morgan fingerprint density at radius 2 is 2.00 bits per heavy atom. The van der Waals surface area contributed by atoms with E-state index >= 15 is 0 Å². The van der Waals surface area contributed by atoms with Crippen molar-refractivity contribution in [3.8, 4) is 11.5 Å². The van der Waals surface area contributed by atoms with Crippen LogP contribution in [0, 0.1) is 11.8 Å². The van der Waals surface area contributed by atoms with Crippen LogP contribution >= 0.6 is 0 Å². The molecule has 20 heavy (non-hydrogen) atoms. The van der Waals surface area contributed by atoms with E-state index in [1.165, 1.54) is 6.07 Å². The van der Waals surface area contributed by atoms with Crippen molar-refractivity contribution >= 4 is 5.91 Å². The number of benzene rings is 1. The van der Waals surface area contributed by atoms with Crippen LogP contribution in [-0.2, 0) is 0 Å². The Labute approximate surface area is 120 Å². The van der Waals surface area contributed by atoms with Crippen LogP contribution in [0.3, 0.4) is 0 Å². The molecule has 110 valence electrons. The zero-order valence-electron chi connectivity index (χ0n) is 12.4. The number of carbonyl (C=O) groups excluding carboxylic acids is 1. The van der Waals surface area contributed by atoms with Crippen molar-refractivity contribution < 1.29 is 14.6 Å². The fourth-order valence-electron chi connectivity index (χ4n) is 2.75. The Kier molecular flexibility index (Phi) is 4.53. The van der Waals surface area contributed by atoms with Crippen LogP contribution in [0.1, 0.15) is 37.0 Å². The summed E-state index contributed by atoms with van der Waals surface area (Å²) < 4.78 is 5.11. The van der Waals surface area contributed by atoms with Crippen LogP contribution in [0.2, 0.25) is 0 Å². The Morgan fingerprint density at radius 1 is 1.35 bits per heavy atom. The number of hydrogen-bond donors (Lipinski definition) is 1. The molecule has 1 aliphatic rings. The minimum Gasteiger partial charge on any atom is -0.507 e. The van der Waals surface area contributed by atoms with Gasteiger partial charge in [0.25, 0.3) is 5.91 Å². The fraction of sp³-hybridized carbons (Fsp3) is 0.562. The van der Waals surface area contributed by atoms with Crippen LogP contribution in [0.15, 0.2) is 18.2 Å². The molecule has 0 unspecified atom stereocenters. The van der Waals surface area contributed by atoms with Crippen molar-refractivity contribution in [3.63, 3.8) is 0 Å². The molecular formula is C16H23NO3. The van der Waals surface area contributed by atoms with E-state index in [9.17, 15) is 9.90 Å². The maximum Gasteiger partial charge on any atom is 0.257 e. The molecule has 1 aromatic carbocycles. The monoisotopic (exact) mass is 277 g/mol. The molecule has 2 rings (SSSR count). The number of phenols is 1. The molecule has 0 aliphatic carbocycles. The van der Waals surface area contributed by atoms with Gasteiger partial charge in [0.15, 0.2) is 0 Å². The second-order valence-corrected chi connectivity index (χ2v) is 5.76. The zero-order chi connectivity index (χ0) is 14.7. The standard InChI is InChI=1S/C16H23NO3/c1-11(2)12-6-8-17(9-7-12)16(19)14-10-13(20-3)4-5-15(14)18/h4-5,10-12,18H,6-9H2,1-3H3. The van der Waals surface area contributed by atoms with Crippen molar-refractivity contribution in [3.05, 3.63) is 23.8 Å². The van der Waals surface area contributed by atoms with E-state index in [2.05, 4.69) is 13.8 Å². The van der Waals surface area contributed by atoms with Gasteiger partial charge in [0.1, 0.15) is 11.5 Å². The first-order valence-electron chi connectivity index (χ1n) is 7.19. The smallest absolute Gasteiger partial charge is 0.257 e. The molecule has 1 saturated heterocycles. The van der Waals surface area contributed by atoms with E-state index in [0.717, 1.165) is 25.9 Å². The summed E-state index contributed by atoms with van der Waals surface area (Å²) >= 11 is 0. The number of rotatable bonds is 3. The molecule has 1 aromatic rings. The van der Waals surface area contributed by atoms with Gasteiger partial charge in [-0.05, 0) is 42.9 Å². The van der Waals surface area contributed by atoms with Gasteiger partial charge in [0.05, 0.1) is 12.7 Å². The fourth-order valence-corrected chi connectivity index (χ4v) is 2.75. The average Bonchev–Trinajstić information content (AvgIpc) is 2.47. The third-order valence-electron chi connectivity index (χ3n) is 4.20. The van der Waals surface area contributed by atoms with E-state index in [4.69, 9.17) is 4.74 Å². The van der Waals surface area contributed by atoms with Crippen molar-refractivity contribution in [1.82, 2.24) is 4.90 Å². The minimum atomic E-state index is -0.108. The summed E-state index contributed by atoms with van der Waals surface area (Å²) in [6.07, 6.45) is 2.07. The van der Waals surface area contributed by atoms with Crippen molar-refractivity contribution in [2.45, 2.75) is 26.7 Å². The number of phenolic OH excluding ortho intramolecular Hbond substituents is 1. The second-order valence-electron chi connectivity index (χ2n) is 5.76. The van der Waals surface area contributed by atoms with Gasteiger partial charge in [-0.2, -0.15) is 0 Å². The summed E-state index contributed by atoms with van der Waals surface area (Å²) in [6.45, 7) is 5.99. The number of amides is 1. The van der Waals surface area contributed by atoms with Gasteiger partial charge in [0.2, 0.25) is 0 Å². The van der Waals surface area contributed by atoms with E-state index in [0.29, 0.717) is 23.1 Å². The lowest BCUT2D eigenvalue weighted by Crippen LogP contribution is -2.39. The van der Waals surface area contributed by atoms with Crippen molar-refractivity contribution in [1.29, 1.82) is 0 Å². The number of likely N-dealkylation sites (tertiary alicyclic amines) is 1. The average molecular weight is 277 g/mol. The first-order valence-corrected chi connectivity index (χ1v) is 7.19. The van der Waals surface area contributed by atoms with Crippen molar-refractivity contribution in [2.24, 2.45) is 11.8 Å². The van der Waals surface area contributed by atoms with E-state index in [1.54, 1.807) is 19.2 Å². The zero-order valence-corrected chi connectivity index (χ0v) is 12.4. The summed E-state index contributed by atoms with van der Waals surface area (Å²) in [6, 6.07) is 4.76. The quantitative estimate of drug-likeness (QED) is 0.924. The Morgan fingerprint density at radius 3 is 2.55 bits per heavy atom. The molecule has 0 spiro atoms. The Hall–Kier alpha value is -1.71.